The lowest BCUT2D eigenvalue weighted by molar-refractivity contribution is -0.0462. The number of aromatic nitrogens is 1. The second-order valence-corrected chi connectivity index (χ2v) is 6.72. The number of aryl methyl sites for hydroxylation is 2. The molecular formula is C14H26N4OS. The minimum Gasteiger partial charge on any atom is -0.374 e. The molecule has 6 heteroatoms. The molecule has 1 aromatic rings. The van der Waals surface area contributed by atoms with Crippen molar-refractivity contribution < 1.29 is 4.74 Å². The average Bonchev–Trinajstić information content (AvgIpc) is 2.75. The molecule has 1 aliphatic rings. The van der Waals surface area contributed by atoms with Gasteiger partial charge in [0.25, 0.3) is 0 Å². The highest BCUT2D eigenvalue weighted by Gasteiger charge is 2.28. The highest BCUT2D eigenvalue weighted by atomic mass is 32.1. The second kappa shape index (κ2) is 7.47. The van der Waals surface area contributed by atoms with E-state index in [4.69, 9.17) is 10.6 Å². The van der Waals surface area contributed by atoms with E-state index in [1.807, 2.05) is 0 Å². The molecule has 1 fully saturated rings. The molecule has 2 heterocycles. The fourth-order valence-corrected chi connectivity index (χ4v) is 3.60. The first-order valence-corrected chi connectivity index (χ1v) is 8.18. The molecule has 0 aromatic carbocycles. The van der Waals surface area contributed by atoms with E-state index in [0.29, 0.717) is 0 Å². The van der Waals surface area contributed by atoms with Gasteiger partial charge in [0.1, 0.15) is 0 Å². The third kappa shape index (κ3) is 3.99. The maximum absolute atomic E-state index is 5.91. The largest absolute Gasteiger partial charge is 0.374 e. The van der Waals surface area contributed by atoms with Crippen LogP contribution in [0.25, 0.3) is 0 Å². The van der Waals surface area contributed by atoms with Crippen LogP contribution in [-0.4, -0.2) is 48.3 Å². The van der Waals surface area contributed by atoms with Gasteiger partial charge in [-0.2, -0.15) is 0 Å². The van der Waals surface area contributed by atoms with Crippen molar-refractivity contribution in [3.63, 3.8) is 0 Å². The molecule has 1 saturated heterocycles. The number of hydrogen-bond donors (Lipinski definition) is 2. The zero-order valence-corrected chi connectivity index (χ0v) is 13.5. The summed E-state index contributed by atoms with van der Waals surface area (Å²) in [6, 6.07) is 0.125. The first-order valence-electron chi connectivity index (χ1n) is 7.37. The van der Waals surface area contributed by atoms with Gasteiger partial charge in [0.05, 0.1) is 29.5 Å². The predicted molar refractivity (Wildman–Crippen MR) is 82.9 cm³/mol. The monoisotopic (exact) mass is 298 g/mol. The Kier molecular flexibility index (Phi) is 5.92. The zero-order valence-electron chi connectivity index (χ0n) is 12.7. The number of nitrogens with zero attached hydrogens (tertiary/aromatic N) is 2. The molecule has 114 valence electrons. The van der Waals surface area contributed by atoms with E-state index in [1.165, 1.54) is 11.3 Å². The van der Waals surface area contributed by atoms with Crippen molar-refractivity contribution >= 4 is 11.3 Å². The van der Waals surface area contributed by atoms with Gasteiger partial charge in [-0.1, -0.05) is 6.92 Å². The van der Waals surface area contributed by atoms with Gasteiger partial charge in [-0.3, -0.25) is 16.2 Å². The van der Waals surface area contributed by atoms with Gasteiger partial charge in [0.15, 0.2) is 0 Å². The quantitative estimate of drug-likeness (QED) is 0.611. The number of thiazole rings is 1. The molecule has 2 unspecified atom stereocenters. The van der Waals surface area contributed by atoms with Crippen molar-refractivity contribution in [3.05, 3.63) is 15.6 Å². The summed E-state index contributed by atoms with van der Waals surface area (Å²) in [6.07, 6.45) is 2.16. The lowest BCUT2D eigenvalue weighted by Crippen LogP contribution is -2.54. The van der Waals surface area contributed by atoms with E-state index in [1.54, 1.807) is 11.3 Å². The molecule has 0 aliphatic carbocycles. The standard InChI is InChI=1S/C14H26N4OS/c1-4-5-18-6-7-19-13(9-18)12(17-15)8-14-16-10(2)11(3)20-14/h12-13,17H,4-9,15H2,1-3H3. The van der Waals surface area contributed by atoms with E-state index in [0.717, 1.165) is 43.4 Å². The fraction of sp³-hybridized carbons (Fsp3) is 0.786. The molecular weight excluding hydrogens is 272 g/mol. The van der Waals surface area contributed by atoms with Crippen LogP contribution < -0.4 is 11.3 Å². The Labute approximate surface area is 125 Å². The van der Waals surface area contributed by atoms with Crippen LogP contribution in [0.15, 0.2) is 0 Å². The minimum atomic E-state index is 0.125. The molecule has 2 rings (SSSR count). The maximum Gasteiger partial charge on any atom is 0.0947 e. The molecule has 2 atom stereocenters. The molecule has 0 spiro atoms. The first kappa shape index (κ1) is 15.9. The van der Waals surface area contributed by atoms with E-state index in [2.05, 4.69) is 36.1 Å². The summed E-state index contributed by atoms with van der Waals surface area (Å²) in [5.74, 6) is 5.74. The summed E-state index contributed by atoms with van der Waals surface area (Å²) in [5, 5.41) is 1.14. The van der Waals surface area contributed by atoms with E-state index >= 15 is 0 Å². The molecule has 0 radical (unpaired) electrons. The molecule has 1 aliphatic heterocycles. The highest BCUT2D eigenvalue weighted by Crippen LogP contribution is 2.20. The van der Waals surface area contributed by atoms with Crippen LogP contribution in [0.3, 0.4) is 0 Å². The topological polar surface area (TPSA) is 63.4 Å². The Balaban J connectivity index is 1.96. The Morgan fingerprint density at radius 2 is 2.35 bits per heavy atom. The van der Waals surface area contributed by atoms with Crippen LogP contribution in [-0.2, 0) is 11.2 Å². The lowest BCUT2D eigenvalue weighted by Gasteiger charge is -2.36. The SMILES string of the molecule is CCCN1CCOC(C(Cc2nc(C)c(C)s2)NN)C1. The molecule has 0 amide bonds. The Morgan fingerprint density at radius 1 is 1.55 bits per heavy atom. The van der Waals surface area contributed by atoms with Crippen molar-refractivity contribution in [2.75, 3.05) is 26.2 Å². The minimum absolute atomic E-state index is 0.125. The Hall–Kier alpha value is -0.530. The third-order valence-electron chi connectivity index (χ3n) is 3.85. The van der Waals surface area contributed by atoms with Crippen molar-refractivity contribution in [2.24, 2.45) is 5.84 Å². The van der Waals surface area contributed by atoms with Gasteiger partial charge in [-0.15, -0.1) is 11.3 Å². The van der Waals surface area contributed by atoms with Crippen LogP contribution in [0.4, 0.5) is 0 Å². The lowest BCUT2D eigenvalue weighted by atomic mass is 10.1. The third-order valence-corrected chi connectivity index (χ3v) is 4.94. The molecule has 0 bridgehead atoms. The van der Waals surface area contributed by atoms with Crippen molar-refractivity contribution in [1.29, 1.82) is 0 Å². The summed E-state index contributed by atoms with van der Waals surface area (Å²) >= 11 is 1.76. The van der Waals surface area contributed by atoms with E-state index in [9.17, 15) is 0 Å². The number of rotatable bonds is 6. The van der Waals surface area contributed by atoms with Crippen LogP contribution >= 0.6 is 11.3 Å². The normalized spacial score (nSPS) is 22.1. The summed E-state index contributed by atoms with van der Waals surface area (Å²) in [7, 11) is 0. The summed E-state index contributed by atoms with van der Waals surface area (Å²) in [4.78, 5) is 8.34. The van der Waals surface area contributed by atoms with Gasteiger partial charge in [-0.25, -0.2) is 4.98 Å². The van der Waals surface area contributed by atoms with Crippen LogP contribution in [0, 0.1) is 13.8 Å². The van der Waals surface area contributed by atoms with Gasteiger partial charge in [0.2, 0.25) is 0 Å². The van der Waals surface area contributed by atoms with Crippen molar-refractivity contribution in [1.82, 2.24) is 15.3 Å². The number of morpholine rings is 1. The maximum atomic E-state index is 5.91. The smallest absolute Gasteiger partial charge is 0.0947 e. The van der Waals surface area contributed by atoms with Crippen LogP contribution in [0.1, 0.15) is 28.9 Å². The molecule has 3 N–H and O–H groups in total. The summed E-state index contributed by atoms with van der Waals surface area (Å²) in [6.45, 7) is 10.3. The first-order chi connectivity index (χ1) is 9.63. The molecule has 0 saturated carbocycles. The van der Waals surface area contributed by atoms with Gasteiger partial charge < -0.3 is 4.74 Å². The summed E-state index contributed by atoms with van der Waals surface area (Å²) < 4.78 is 5.91. The Morgan fingerprint density at radius 3 is 2.95 bits per heavy atom. The van der Waals surface area contributed by atoms with Gasteiger partial charge in [-0.05, 0) is 26.8 Å². The van der Waals surface area contributed by atoms with Crippen molar-refractivity contribution in [2.45, 2.75) is 45.8 Å². The molecule has 20 heavy (non-hydrogen) atoms. The van der Waals surface area contributed by atoms with E-state index < -0.39 is 0 Å². The van der Waals surface area contributed by atoms with Gasteiger partial charge >= 0.3 is 0 Å². The predicted octanol–water partition coefficient (Wildman–Crippen LogP) is 1.25. The number of hydrazine groups is 1. The van der Waals surface area contributed by atoms with Crippen molar-refractivity contribution in [3.8, 4) is 0 Å². The number of nitrogens with two attached hydrogens (primary N) is 1. The van der Waals surface area contributed by atoms with Crippen LogP contribution in [0.2, 0.25) is 0 Å². The molecule has 5 nitrogen and oxygen atoms in total. The highest BCUT2D eigenvalue weighted by molar-refractivity contribution is 7.11. The Bertz CT molecular complexity index is 402. The average molecular weight is 298 g/mol. The van der Waals surface area contributed by atoms with Gasteiger partial charge in [0, 0.05) is 24.4 Å². The van der Waals surface area contributed by atoms with Crippen LogP contribution in [0.5, 0.6) is 0 Å². The zero-order chi connectivity index (χ0) is 14.5. The van der Waals surface area contributed by atoms with E-state index in [-0.39, 0.29) is 12.1 Å². The second-order valence-electron chi connectivity index (χ2n) is 5.44. The number of nitrogens with one attached hydrogen (secondary N) is 1. The fourth-order valence-electron chi connectivity index (χ4n) is 2.61. The number of hydrogen-bond acceptors (Lipinski definition) is 6. The molecule has 1 aromatic heterocycles. The summed E-state index contributed by atoms with van der Waals surface area (Å²) in [5.41, 5.74) is 4.05. The number of ether oxygens (including phenoxy) is 1.